The molecule has 0 radical (unpaired) electrons. The molecule has 1 fully saturated rings. The number of amides is 2. The maximum Gasteiger partial charge on any atom is 0.410 e. The molecule has 12 heteroatoms. The van der Waals surface area contributed by atoms with Gasteiger partial charge in [0.1, 0.15) is 11.3 Å². The Balaban J connectivity index is 1.59. The lowest BCUT2D eigenvalue weighted by Gasteiger charge is -2.37. The van der Waals surface area contributed by atoms with Crippen molar-refractivity contribution in [3.63, 3.8) is 0 Å². The lowest BCUT2D eigenvalue weighted by molar-refractivity contribution is 0.0156. The first-order chi connectivity index (χ1) is 17.0. The number of hydrogen-bond donors (Lipinski definition) is 2. The number of likely N-dealkylation sites (tertiary alicyclic amines) is 1. The molecule has 2 amide bonds. The van der Waals surface area contributed by atoms with Gasteiger partial charge in [-0.3, -0.25) is 9.78 Å². The van der Waals surface area contributed by atoms with Crippen molar-refractivity contribution >= 4 is 23.5 Å². The number of nitriles is 1. The Bertz CT molecular complexity index is 1350. The molecule has 1 aliphatic heterocycles. The number of imidazole rings is 1. The molecule has 3 aromatic rings. The van der Waals surface area contributed by atoms with Crippen LogP contribution < -0.4 is 11.1 Å². The highest BCUT2D eigenvalue weighted by atomic mass is 19.1. The highest BCUT2D eigenvalue weighted by molar-refractivity contribution is 5.92. The summed E-state index contributed by atoms with van der Waals surface area (Å²) in [5, 5.41) is 13.2. The Morgan fingerprint density at radius 3 is 2.61 bits per heavy atom. The third kappa shape index (κ3) is 5.19. The SMILES string of the molecule is CC(C)(C)OC(=O)N1CCC(C#N)(CNc2nc(-c3ccncc3F)cn3cc(C(N)=O)nc23)CC1. The molecule has 1 aliphatic rings. The van der Waals surface area contributed by atoms with Crippen LogP contribution in [0.25, 0.3) is 16.9 Å². The highest BCUT2D eigenvalue weighted by Gasteiger charge is 2.37. The Kier molecular flexibility index (Phi) is 6.49. The van der Waals surface area contributed by atoms with Gasteiger partial charge in [0.05, 0.1) is 23.4 Å². The Labute approximate surface area is 207 Å². The zero-order valence-electron chi connectivity index (χ0n) is 20.3. The Morgan fingerprint density at radius 2 is 2.00 bits per heavy atom. The van der Waals surface area contributed by atoms with Crippen LogP contribution >= 0.6 is 0 Å². The van der Waals surface area contributed by atoms with Gasteiger partial charge in [0.15, 0.2) is 17.3 Å². The number of carbonyl (C=O) groups is 2. The van der Waals surface area contributed by atoms with Crippen LogP contribution in [-0.4, -0.2) is 61.5 Å². The van der Waals surface area contributed by atoms with Crippen molar-refractivity contribution in [2.75, 3.05) is 25.0 Å². The molecule has 0 atom stereocenters. The van der Waals surface area contributed by atoms with Crippen molar-refractivity contribution in [1.82, 2.24) is 24.3 Å². The van der Waals surface area contributed by atoms with E-state index in [1.54, 1.807) is 25.7 Å². The van der Waals surface area contributed by atoms with E-state index in [4.69, 9.17) is 10.5 Å². The number of ether oxygens (including phenoxy) is 1. The van der Waals surface area contributed by atoms with Crippen LogP contribution in [0.5, 0.6) is 0 Å². The van der Waals surface area contributed by atoms with Crippen molar-refractivity contribution in [2.24, 2.45) is 11.1 Å². The van der Waals surface area contributed by atoms with Gasteiger partial charge < -0.3 is 25.1 Å². The largest absolute Gasteiger partial charge is 0.444 e. The fourth-order valence-electron chi connectivity index (χ4n) is 3.97. The average Bonchev–Trinajstić information content (AvgIpc) is 3.27. The van der Waals surface area contributed by atoms with E-state index in [1.165, 1.54) is 29.1 Å². The second-order valence-corrected chi connectivity index (χ2v) is 9.76. The molecule has 3 N–H and O–H groups in total. The Morgan fingerprint density at radius 1 is 1.28 bits per heavy atom. The molecule has 0 spiro atoms. The van der Waals surface area contributed by atoms with Crippen molar-refractivity contribution < 1.29 is 18.7 Å². The fourth-order valence-corrected chi connectivity index (χ4v) is 3.97. The number of piperidine rings is 1. The van der Waals surface area contributed by atoms with Crippen LogP contribution in [0.15, 0.2) is 30.9 Å². The number of pyridine rings is 1. The van der Waals surface area contributed by atoms with Crippen molar-refractivity contribution in [1.29, 1.82) is 5.26 Å². The van der Waals surface area contributed by atoms with Gasteiger partial charge in [-0.25, -0.2) is 19.2 Å². The number of nitrogens with two attached hydrogens (primary N) is 1. The third-order valence-corrected chi connectivity index (χ3v) is 5.94. The second-order valence-electron chi connectivity index (χ2n) is 9.76. The van der Waals surface area contributed by atoms with Crippen molar-refractivity contribution in [3.05, 3.63) is 42.4 Å². The van der Waals surface area contributed by atoms with E-state index in [1.807, 2.05) is 0 Å². The summed E-state index contributed by atoms with van der Waals surface area (Å²) in [5.74, 6) is -1.02. The average molecular weight is 495 g/mol. The topological polar surface area (TPSA) is 152 Å². The summed E-state index contributed by atoms with van der Waals surface area (Å²) < 4.78 is 21.4. The number of anilines is 1. The van der Waals surface area contributed by atoms with E-state index in [2.05, 4.69) is 26.3 Å². The molecular formula is C24H27FN8O3. The predicted octanol–water partition coefficient (Wildman–Crippen LogP) is 2.98. The van der Waals surface area contributed by atoms with Crippen LogP contribution in [0.3, 0.4) is 0 Å². The molecule has 0 aromatic carbocycles. The molecule has 4 heterocycles. The summed E-state index contributed by atoms with van der Waals surface area (Å²) in [4.78, 5) is 38.3. The number of rotatable bonds is 5. The Hall–Kier alpha value is -4.27. The van der Waals surface area contributed by atoms with Crippen LogP contribution in [0.2, 0.25) is 0 Å². The third-order valence-electron chi connectivity index (χ3n) is 5.94. The maximum atomic E-state index is 14.4. The first kappa shape index (κ1) is 24.8. The monoisotopic (exact) mass is 494 g/mol. The minimum absolute atomic E-state index is 0.0212. The van der Waals surface area contributed by atoms with Gasteiger partial charge in [-0.2, -0.15) is 5.26 Å². The van der Waals surface area contributed by atoms with Gasteiger partial charge in [0, 0.05) is 43.8 Å². The second kappa shape index (κ2) is 9.41. The molecule has 0 aliphatic carbocycles. The lowest BCUT2D eigenvalue weighted by Crippen LogP contribution is -2.46. The normalized spacial score (nSPS) is 15.4. The minimum atomic E-state index is -0.784. The fraction of sp³-hybridized carbons (Fsp3) is 0.417. The summed E-state index contributed by atoms with van der Waals surface area (Å²) in [5.41, 5.74) is 4.84. The first-order valence-corrected chi connectivity index (χ1v) is 11.4. The highest BCUT2D eigenvalue weighted by Crippen LogP contribution is 2.33. The van der Waals surface area contributed by atoms with Gasteiger partial charge >= 0.3 is 6.09 Å². The molecule has 0 bridgehead atoms. The molecule has 0 saturated carbocycles. The number of halogens is 1. The van der Waals surface area contributed by atoms with E-state index in [0.29, 0.717) is 31.6 Å². The molecule has 0 unspecified atom stereocenters. The number of nitrogens with one attached hydrogen (secondary N) is 1. The molecule has 188 valence electrons. The number of nitrogens with zero attached hydrogens (tertiary/aromatic N) is 6. The molecule has 36 heavy (non-hydrogen) atoms. The zero-order valence-corrected chi connectivity index (χ0v) is 20.3. The smallest absolute Gasteiger partial charge is 0.410 e. The summed E-state index contributed by atoms with van der Waals surface area (Å²) in [6, 6.07) is 3.87. The van der Waals surface area contributed by atoms with Gasteiger partial charge in [-0.05, 0) is 39.7 Å². The molecule has 4 rings (SSSR count). The van der Waals surface area contributed by atoms with Crippen LogP contribution in [0, 0.1) is 22.6 Å². The maximum absolute atomic E-state index is 14.4. The standard InChI is InChI=1S/C24H27FN8O3/c1-23(2,3)36-22(35)32-8-5-24(13-26,6-9-32)14-29-20-21-31-18(19(27)34)12-33(21)11-17(30-20)15-4-7-28-10-16(15)25/h4,7,10-12H,5-6,8-9,14H2,1-3H3,(H2,27,34)(H,29,30). The van der Waals surface area contributed by atoms with Gasteiger partial charge in [-0.1, -0.05) is 0 Å². The molecular weight excluding hydrogens is 467 g/mol. The summed E-state index contributed by atoms with van der Waals surface area (Å²) in [6.45, 7) is 6.34. The van der Waals surface area contributed by atoms with E-state index in [9.17, 15) is 19.2 Å². The molecule has 11 nitrogen and oxygen atoms in total. The van der Waals surface area contributed by atoms with Gasteiger partial charge in [-0.15, -0.1) is 0 Å². The van der Waals surface area contributed by atoms with Crippen molar-refractivity contribution in [2.45, 2.75) is 39.2 Å². The predicted molar refractivity (Wildman–Crippen MR) is 128 cm³/mol. The number of hydrogen-bond acceptors (Lipinski definition) is 8. The minimum Gasteiger partial charge on any atom is -0.444 e. The number of aromatic nitrogens is 4. The summed E-state index contributed by atoms with van der Waals surface area (Å²) >= 11 is 0. The quantitative estimate of drug-likeness (QED) is 0.549. The number of carbonyl (C=O) groups excluding carboxylic acids is 2. The van der Waals surface area contributed by atoms with Crippen LogP contribution in [0.4, 0.5) is 15.0 Å². The number of primary amides is 1. The van der Waals surface area contributed by atoms with E-state index in [-0.39, 0.29) is 29.3 Å². The van der Waals surface area contributed by atoms with Crippen molar-refractivity contribution in [3.8, 4) is 17.3 Å². The van der Waals surface area contributed by atoms with E-state index in [0.717, 1.165) is 6.20 Å². The van der Waals surface area contributed by atoms with Gasteiger partial charge in [0.25, 0.3) is 5.91 Å². The molecule has 1 saturated heterocycles. The lowest BCUT2D eigenvalue weighted by atomic mass is 9.80. The summed E-state index contributed by atoms with van der Waals surface area (Å²) in [6.07, 6.45) is 5.94. The van der Waals surface area contributed by atoms with E-state index < -0.39 is 28.8 Å². The van der Waals surface area contributed by atoms with Gasteiger partial charge in [0.2, 0.25) is 0 Å². The zero-order chi connectivity index (χ0) is 26.1. The number of fused-ring (bicyclic) bond motifs is 1. The van der Waals surface area contributed by atoms with E-state index >= 15 is 0 Å². The molecule has 3 aromatic heterocycles. The van der Waals surface area contributed by atoms with Crippen LogP contribution in [0.1, 0.15) is 44.1 Å². The first-order valence-electron chi connectivity index (χ1n) is 11.4. The summed E-state index contributed by atoms with van der Waals surface area (Å²) in [7, 11) is 0. The van der Waals surface area contributed by atoms with Crippen LogP contribution in [-0.2, 0) is 4.74 Å².